The van der Waals surface area contributed by atoms with Gasteiger partial charge in [0, 0.05) is 31.4 Å². The van der Waals surface area contributed by atoms with E-state index in [1.54, 1.807) is 29.7 Å². The van der Waals surface area contributed by atoms with Crippen LogP contribution in [-0.4, -0.2) is 64.5 Å². The number of anilines is 1. The van der Waals surface area contributed by atoms with Crippen molar-refractivity contribution in [2.75, 3.05) is 31.6 Å². The molecule has 176 valence electrons. The minimum absolute atomic E-state index is 0.131. The number of likely N-dealkylation sites (tertiary alicyclic amines) is 1. The Bertz CT molecular complexity index is 1130. The molecule has 0 aliphatic carbocycles. The standard InChI is InChI=1S/C23H26F3N5O2/c1-14-10-17(24)20(19(11-14)33-22(25)26)21-18-5-3-8-31(18)23(29-28-21)27-15-4-2-7-30(12-15)16-6-9-32-13-16/h3,5,8,10-11,15-16,22H,2,4,6-7,9,12-13H2,1H3,(H,27,29)/t15-,16?/m1/s1. The van der Waals surface area contributed by atoms with E-state index in [-0.39, 0.29) is 23.0 Å². The van der Waals surface area contributed by atoms with Crippen LogP contribution >= 0.6 is 0 Å². The molecule has 10 heteroatoms. The first-order chi connectivity index (χ1) is 16.0. The van der Waals surface area contributed by atoms with Crippen LogP contribution in [-0.2, 0) is 4.74 Å². The molecule has 2 saturated heterocycles. The van der Waals surface area contributed by atoms with E-state index in [0.29, 0.717) is 23.1 Å². The summed E-state index contributed by atoms with van der Waals surface area (Å²) in [6.45, 7) is 2.04. The molecule has 2 fully saturated rings. The molecular weight excluding hydrogens is 435 g/mol. The van der Waals surface area contributed by atoms with Crippen molar-refractivity contribution in [3.05, 3.63) is 41.8 Å². The van der Waals surface area contributed by atoms with Crippen molar-refractivity contribution in [1.29, 1.82) is 0 Å². The highest BCUT2D eigenvalue weighted by molar-refractivity contribution is 5.82. The summed E-state index contributed by atoms with van der Waals surface area (Å²) in [6.07, 6.45) is 4.90. The van der Waals surface area contributed by atoms with E-state index in [9.17, 15) is 13.2 Å². The molecule has 5 rings (SSSR count). The smallest absolute Gasteiger partial charge is 0.387 e. The van der Waals surface area contributed by atoms with E-state index in [0.717, 1.165) is 45.6 Å². The van der Waals surface area contributed by atoms with E-state index < -0.39 is 12.4 Å². The SMILES string of the molecule is Cc1cc(F)c(-c2nnc(N[C@@H]3CCCN(C4CCOC4)C3)n3cccc23)c(OC(F)F)c1. The molecule has 0 amide bonds. The lowest BCUT2D eigenvalue weighted by Crippen LogP contribution is -2.47. The number of nitrogens with one attached hydrogen (secondary N) is 1. The van der Waals surface area contributed by atoms with Crippen LogP contribution in [0.5, 0.6) is 5.75 Å². The van der Waals surface area contributed by atoms with Gasteiger partial charge in [0.15, 0.2) is 0 Å². The maximum Gasteiger partial charge on any atom is 0.387 e. The topological polar surface area (TPSA) is 63.9 Å². The van der Waals surface area contributed by atoms with Gasteiger partial charge in [-0.1, -0.05) is 0 Å². The number of halogens is 3. The van der Waals surface area contributed by atoms with Crippen LogP contribution in [0.25, 0.3) is 16.8 Å². The van der Waals surface area contributed by atoms with Gasteiger partial charge in [0.1, 0.15) is 17.3 Å². The van der Waals surface area contributed by atoms with Crippen molar-refractivity contribution in [3.8, 4) is 17.0 Å². The monoisotopic (exact) mass is 461 g/mol. The van der Waals surface area contributed by atoms with Crippen molar-refractivity contribution in [1.82, 2.24) is 19.5 Å². The molecule has 2 atom stereocenters. The van der Waals surface area contributed by atoms with Crippen LogP contribution in [0, 0.1) is 12.7 Å². The summed E-state index contributed by atoms with van der Waals surface area (Å²) in [5, 5.41) is 12.0. The highest BCUT2D eigenvalue weighted by Crippen LogP contribution is 2.36. The van der Waals surface area contributed by atoms with Crippen LogP contribution in [0.4, 0.5) is 19.1 Å². The molecule has 2 aliphatic rings. The van der Waals surface area contributed by atoms with Crippen LogP contribution in [0.3, 0.4) is 0 Å². The van der Waals surface area contributed by atoms with Crippen LogP contribution < -0.4 is 10.1 Å². The summed E-state index contributed by atoms with van der Waals surface area (Å²) >= 11 is 0. The summed E-state index contributed by atoms with van der Waals surface area (Å²) in [6, 6.07) is 6.82. The van der Waals surface area contributed by atoms with Gasteiger partial charge in [-0.3, -0.25) is 9.30 Å². The first-order valence-corrected chi connectivity index (χ1v) is 11.2. The molecule has 2 aromatic heterocycles. The average Bonchev–Trinajstić information content (AvgIpc) is 3.47. The Balaban J connectivity index is 1.45. The minimum atomic E-state index is -3.08. The third-order valence-corrected chi connectivity index (χ3v) is 6.32. The van der Waals surface area contributed by atoms with Gasteiger partial charge in [0.05, 0.1) is 17.7 Å². The van der Waals surface area contributed by atoms with E-state index in [2.05, 4.69) is 25.2 Å². The molecule has 1 unspecified atom stereocenters. The van der Waals surface area contributed by atoms with Gasteiger partial charge < -0.3 is 14.8 Å². The number of hydrogen-bond donors (Lipinski definition) is 1. The van der Waals surface area contributed by atoms with E-state index >= 15 is 0 Å². The van der Waals surface area contributed by atoms with E-state index in [4.69, 9.17) is 4.74 Å². The van der Waals surface area contributed by atoms with E-state index in [1.165, 1.54) is 12.1 Å². The second-order valence-corrected chi connectivity index (χ2v) is 8.63. The summed E-state index contributed by atoms with van der Waals surface area (Å²) in [4.78, 5) is 2.46. The second kappa shape index (κ2) is 9.18. The fourth-order valence-electron chi connectivity index (χ4n) is 4.81. The quantitative estimate of drug-likeness (QED) is 0.596. The first-order valence-electron chi connectivity index (χ1n) is 11.2. The Kier molecular flexibility index (Phi) is 6.11. The Morgan fingerprint density at radius 2 is 2.12 bits per heavy atom. The van der Waals surface area contributed by atoms with Crippen molar-refractivity contribution >= 4 is 11.5 Å². The fourth-order valence-corrected chi connectivity index (χ4v) is 4.81. The van der Waals surface area contributed by atoms with Gasteiger partial charge in [-0.25, -0.2) is 4.39 Å². The maximum atomic E-state index is 14.9. The largest absolute Gasteiger partial charge is 0.434 e. The number of benzene rings is 1. The van der Waals surface area contributed by atoms with Crippen molar-refractivity contribution in [2.45, 2.75) is 44.9 Å². The van der Waals surface area contributed by atoms with Gasteiger partial charge in [-0.05, 0) is 62.6 Å². The summed E-state index contributed by atoms with van der Waals surface area (Å²) in [5.74, 6) is -0.426. The Morgan fingerprint density at radius 1 is 1.24 bits per heavy atom. The summed E-state index contributed by atoms with van der Waals surface area (Å²) < 4.78 is 52.8. The number of fused-ring (bicyclic) bond motifs is 1. The van der Waals surface area contributed by atoms with Crippen molar-refractivity contribution in [3.63, 3.8) is 0 Å². The predicted molar refractivity (Wildman–Crippen MR) is 117 cm³/mol. The molecular formula is C23H26F3N5O2. The predicted octanol–water partition coefficient (Wildman–Crippen LogP) is 4.11. The molecule has 0 saturated carbocycles. The van der Waals surface area contributed by atoms with Crippen LogP contribution in [0.2, 0.25) is 0 Å². The number of nitrogens with zero attached hydrogens (tertiary/aromatic N) is 4. The lowest BCUT2D eigenvalue weighted by molar-refractivity contribution is -0.0496. The second-order valence-electron chi connectivity index (χ2n) is 8.63. The zero-order chi connectivity index (χ0) is 22.9. The number of aromatic nitrogens is 3. The molecule has 1 N–H and O–H groups in total. The van der Waals surface area contributed by atoms with Crippen molar-refractivity contribution in [2.24, 2.45) is 0 Å². The third-order valence-electron chi connectivity index (χ3n) is 6.32. The number of aryl methyl sites for hydroxylation is 1. The molecule has 2 aliphatic heterocycles. The van der Waals surface area contributed by atoms with Gasteiger partial charge in [-0.2, -0.15) is 8.78 Å². The van der Waals surface area contributed by atoms with Crippen LogP contribution in [0.1, 0.15) is 24.8 Å². The van der Waals surface area contributed by atoms with Gasteiger partial charge in [-0.15, -0.1) is 10.2 Å². The molecule has 4 heterocycles. The number of rotatable bonds is 6. The zero-order valence-electron chi connectivity index (χ0n) is 18.3. The normalized spacial score (nSPS) is 21.7. The maximum absolute atomic E-state index is 14.9. The highest BCUT2D eigenvalue weighted by atomic mass is 19.3. The first kappa shape index (κ1) is 22.0. The Labute approximate surface area is 189 Å². The number of alkyl halides is 2. The van der Waals surface area contributed by atoms with Crippen LogP contribution in [0.15, 0.2) is 30.5 Å². The van der Waals surface area contributed by atoms with E-state index in [1.807, 2.05) is 0 Å². The molecule has 3 aromatic rings. The summed E-state index contributed by atoms with van der Waals surface area (Å²) in [7, 11) is 0. The Hall–Kier alpha value is -2.85. The highest BCUT2D eigenvalue weighted by Gasteiger charge is 2.29. The molecule has 33 heavy (non-hydrogen) atoms. The molecule has 0 spiro atoms. The number of piperidine rings is 1. The van der Waals surface area contributed by atoms with Crippen molar-refractivity contribution < 1.29 is 22.6 Å². The molecule has 0 bridgehead atoms. The van der Waals surface area contributed by atoms with Gasteiger partial charge >= 0.3 is 6.61 Å². The molecule has 1 aromatic carbocycles. The lowest BCUT2D eigenvalue weighted by atomic mass is 10.0. The van der Waals surface area contributed by atoms with Gasteiger partial charge in [0.25, 0.3) is 0 Å². The zero-order valence-corrected chi connectivity index (χ0v) is 18.3. The molecule has 7 nitrogen and oxygen atoms in total. The average molecular weight is 461 g/mol. The fraction of sp³-hybridized carbons (Fsp3) is 0.478. The Morgan fingerprint density at radius 3 is 2.91 bits per heavy atom. The summed E-state index contributed by atoms with van der Waals surface area (Å²) in [5.41, 5.74) is 1.03. The number of ether oxygens (including phenoxy) is 2. The molecule has 0 radical (unpaired) electrons. The number of hydrogen-bond acceptors (Lipinski definition) is 6. The minimum Gasteiger partial charge on any atom is -0.434 e. The van der Waals surface area contributed by atoms with Gasteiger partial charge in [0.2, 0.25) is 5.95 Å². The third kappa shape index (κ3) is 4.49. The lowest BCUT2D eigenvalue weighted by Gasteiger charge is -2.36.